The standard InChI is InChI=1S/C51H63N15O10S/c1-7-65-35(18-27(3)59-65)32(52)24-36-43(54)31-20-29(46(55)69)22-38(75-6)44(31)62(36)14-9-10-15-64-45-34(57-51(64)58-48(71)37-19-28(4)60-66(37)8-2)21-30(47(56)70)23-39(45)76-17-11-13-61(5)41(67)12-16-63-42(68)25-40(49(63)72)77-26-33(53)50(73)74/h9-10,18-24,33,40H,7-8,11-17,25-26,52-54H2,1-6H3,(H2,55,69)(H2,56,70)(H,73,74)(H,57,58,71)/b10-9+,32-24-. The average molecular weight is 1080 g/mol. The fourth-order valence-electron chi connectivity index (χ4n) is 8.94. The fourth-order valence-corrected chi connectivity index (χ4v) is 10.1. The van der Waals surface area contributed by atoms with E-state index in [1.54, 1.807) is 46.1 Å². The van der Waals surface area contributed by atoms with Crippen LogP contribution in [0.15, 0.2) is 48.6 Å². The van der Waals surface area contributed by atoms with E-state index in [0.717, 1.165) is 22.4 Å². The zero-order chi connectivity index (χ0) is 56.0. The Morgan fingerprint density at radius 1 is 0.896 bits per heavy atom. The number of carboxylic acid groups (broad SMARTS) is 1. The number of primary amides is 2. The SMILES string of the molecule is CCn1nc(C)cc1C(=O)Nc1nc2cc(C(N)=O)cc(OCCCN(C)C(=O)CCN3C(=O)CC(SCC(N)C(=O)O)C3=O)c2n1C/C=C/Cn1c(/C=C(\N)c2cc(C)nn2CC)c(N)c2cc(C(N)=O)cc(OC)c21. The minimum absolute atomic E-state index is 0.0343. The van der Waals surface area contributed by atoms with Crippen molar-refractivity contribution in [2.45, 2.75) is 84.4 Å². The zero-order valence-electron chi connectivity index (χ0n) is 43.6. The number of imidazole rings is 1. The number of nitrogen functional groups attached to an aromatic ring is 1. The van der Waals surface area contributed by atoms with Crippen LogP contribution in [-0.4, -0.2) is 141 Å². The summed E-state index contributed by atoms with van der Waals surface area (Å²) in [6, 6.07) is 8.44. The van der Waals surface area contributed by atoms with Gasteiger partial charge < -0.3 is 57.3 Å². The van der Waals surface area contributed by atoms with E-state index in [2.05, 4.69) is 15.5 Å². The third-order valence-electron chi connectivity index (χ3n) is 12.9. The largest absolute Gasteiger partial charge is 0.495 e. The number of nitrogens with zero attached hydrogens (tertiary/aromatic N) is 9. The number of amides is 6. The lowest BCUT2D eigenvalue weighted by Crippen LogP contribution is -2.37. The molecule has 12 N–H and O–H groups in total. The van der Waals surface area contributed by atoms with Crippen molar-refractivity contribution >= 4 is 98.5 Å². The Balaban J connectivity index is 1.17. The molecule has 77 heavy (non-hydrogen) atoms. The van der Waals surface area contributed by atoms with Crippen molar-refractivity contribution in [3.05, 3.63) is 88.1 Å². The lowest BCUT2D eigenvalue weighted by molar-refractivity contribution is -0.140. The van der Waals surface area contributed by atoms with E-state index in [4.69, 9.17) is 48.2 Å². The molecule has 0 saturated carbocycles. The number of carbonyl (C=O) groups is 7. The van der Waals surface area contributed by atoms with Crippen LogP contribution in [0.3, 0.4) is 0 Å². The molecule has 6 aromatic rings. The Bertz CT molecular complexity index is 3370. The number of nitrogens with one attached hydrogen (secondary N) is 1. The van der Waals surface area contributed by atoms with Crippen LogP contribution in [0.5, 0.6) is 11.5 Å². The molecule has 0 radical (unpaired) electrons. The molecule has 0 bridgehead atoms. The number of nitrogens with two attached hydrogens (primary N) is 5. The van der Waals surface area contributed by atoms with Crippen LogP contribution in [0.2, 0.25) is 0 Å². The summed E-state index contributed by atoms with van der Waals surface area (Å²) in [6.45, 7) is 8.79. The topological polar surface area (TPSA) is 365 Å². The van der Waals surface area contributed by atoms with Crippen LogP contribution >= 0.6 is 11.8 Å². The van der Waals surface area contributed by atoms with Crippen molar-refractivity contribution in [2.24, 2.45) is 22.9 Å². The summed E-state index contributed by atoms with van der Waals surface area (Å²) in [7, 11) is 3.05. The number of methoxy groups -OCH3 is 1. The second-order valence-corrected chi connectivity index (χ2v) is 19.5. The number of imide groups is 1. The van der Waals surface area contributed by atoms with E-state index >= 15 is 0 Å². The molecule has 7 rings (SSSR count). The average Bonchev–Trinajstić information content (AvgIpc) is 4.22. The summed E-state index contributed by atoms with van der Waals surface area (Å²) >= 11 is 0.996. The zero-order valence-corrected chi connectivity index (χ0v) is 44.4. The van der Waals surface area contributed by atoms with E-state index in [1.165, 1.54) is 30.2 Å². The summed E-state index contributed by atoms with van der Waals surface area (Å²) in [5, 5.41) is 20.7. The van der Waals surface area contributed by atoms with E-state index in [-0.39, 0.29) is 91.3 Å². The minimum atomic E-state index is -1.22. The summed E-state index contributed by atoms with van der Waals surface area (Å²) in [4.78, 5) is 96.4. The number of likely N-dealkylation sites (tertiary alicyclic amines) is 1. The van der Waals surface area contributed by atoms with E-state index in [9.17, 15) is 33.6 Å². The first-order chi connectivity index (χ1) is 36.6. The van der Waals surface area contributed by atoms with Gasteiger partial charge in [0.15, 0.2) is 0 Å². The normalized spacial score (nSPS) is 14.3. The number of thioether (sulfide) groups is 1. The second kappa shape index (κ2) is 23.9. The number of rotatable bonds is 25. The summed E-state index contributed by atoms with van der Waals surface area (Å²) in [5.41, 5.74) is 35.8. The molecule has 0 aliphatic carbocycles. The fraction of sp³-hybridized carbons (Fsp3) is 0.373. The minimum Gasteiger partial charge on any atom is -0.495 e. The van der Waals surface area contributed by atoms with Crippen molar-refractivity contribution in [3.8, 4) is 11.5 Å². The molecule has 408 valence electrons. The molecule has 1 aliphatic heterocycles. The molecule has 25 nitrogen and oxygen atoms in total. The molecule has 2 atom stereocenters. The van der Waals surface area contributed by atoms with E-state index < -0.39 is 46.8 Å². The number of hydrogen-bond acceptors (Lipinski definition) is 16. The number of aryl methyl sites for hydroxylation is 4. The van der Waals surface area contributed by atoms with Gasteiger partial charge in [-0.2, -0.15) is 10.2 Å². The summed E-state index contributed by atoms with van der Waals surface area (Å²) in [6.07, 6.45) is 5.47. The van der Waals surface area contributed by atoms with Gasteiger partial charge in [-0.15, -0.1) is 11.8 Å². The number of anilines is 2. The first-order valence-electron chi connectivity index (χ1n) is 24.6. The highest BCUT2D eigenvalue weighted by atomic mass is 32.2. The number of aromatic nitrogens is 7. The maximum absolute atomic E-state index is 14.0. The van der Waals surface area contributed by atoms with Crippen LogP contribution in [0.1, 0.15) is 87.1 Å². The van der Waals surface area contributed by atoms with Crippen molar-refractivity contribution < 1.29 is 48.1 Å². The molecule has 2 aromatic carbocycles. The maximum atomic E-state index is 14.0. The van der Waals surface area contributed by atoms with Crippen LogP contribution in [0.4, 0.5) is 11.6 Å². The number of aliphatic carboxylic acids is 1. The molecular weight excluding hydrogens is 1010 g/mol. The smallest absolute Gasteiger partial charge is 0.321 e. The molecule has 0 spiro atoms. The summed E-state index contributed by atoms with van der Waals surface area (Å²) in [5.74, 6) is -3.85. The third kappa shape index (κ3) is 12.2. The second-order valence-electron chi connectivity index (χ2n) is 18.2. The monoisotopic (exact) mass is 1080 g/mol. The van der Waals surface area contributed by atoms with Gasteiger partial charge >= 0.3 is 5.97 Å². The Kier molecular flexibility index (Phi) is 17.4. The molecule has 1 saturated heterocycles. The predicted octanol–water partition coefficient (Wildman–Crippen LogP) is 2.68. The van der Waals surface area contributed by atoms with Gasteiger partial charge in [0.25, 0.3) is 5.91 Å². The van der Waals surface area contributed by atoms with Crippen LogP contribution in [0, 0.1) is 13.8 Å². The van der Waals surface area contributed by atoms with Gasteiger partial charge in [0.2, 0.25) is 35.5 Å². The number of ether oxygens (including phenoxy) is 2. The Hall–Kier alpha value is -8.65. The van der Waals surface area contributed by atoms with E-state index in [1.807, 2.05) is 43.6 Å². The van der Waals surface area contributed by atoms with Crippen molar-refractivity contribution in [1.29, 1.82) is 0 Å². The first-order valence-corrected chi connectivity index (χ1v) is 25.7. The molecule has 1 fully saturated rings. The first kappa shape index (κ1) is 56.1. The highest BCUT2D eigenvalue weighted by molar-refractivity contribution is 8.00. The number of allylic oxidation sites excluding steroid dienone is 2. The lowest BCUT2D eigenvalue weighted by atomic mass is 10.1. The number of benzene rings is 2. The van der Waals surface area contributed by atoms with Gasteiger partial charge in [0.1, 0.15) is 28.8 Å². The highest BCUT2D eigenvalue weighted by Crippen LogP contribution is 2.38. The summed E-state index contributed by atoms with van der Waals surface area (Å²) < 4.78 is 19.1. The molecule has 6 amide bonds. The molecule has 4 aromatic heterocycles. The van der Waals surface area contributed by atoms with Crippen molar-refractivity contribution in [1.82, 2.24) is 43.5 Å². The van der Waals surface area contributed by atoms with Gasteiger partial charge in [-0.05, 0) is 76.6 Å². The van der Waals surface area contributed by atoms with Crippen LogP contribution in [-0.2, 0) is 45.4 Å². The van der Waals surface area contributed by atoms with Crippen LogP contribution < -0.4 is 43.5 Å². The maximum Gasteiger partial charge on any atom is 0.321 e. The number of fused-ring (bicyclic) bond motifs is 2. The quantitative estimate of drug-likeness (QED) is 0.0246. The molecule has 1 aliphatic rings. The molecule has 2 unspecified atom stereocenters. The van der Waals surface area contributed by atoms with Gasteiger partial charge in [0.05, 0.1) is 64.2 Å². The Labute approximate surface area is 446 Å². The number of hydrogen-bond donors (Lipinski definition) is 7. The van der Waals surface area contributed by atoms with Crippen molar-refractivity contribution in [3.63, 3.8) is 0 Å². The predicted molar refractivity (Wildman–Crippen MR) is 290 cm³/mol. The lowest BCUT2D eigenvalue weighted by Gasteiger charge is -2.20. The molecule has 5 heterocycles. The number of carboxylic acids is 1. The number of carbonyl (C=O) groups excluding carboxylic acids is 6. The van der Waals surface area contributed by atoms with Crippen LogP contribution in [0.25, 0.3) is 33.7 Å². The van der Waals surface area contributed by atoms with Gasteiger partial charge in [-0.3, -0.25) is 53.1 Å². The highest BCUT2D eigenvalue weighted by Gasteiger charge is 2.39. The Morgan fingerprint density at radius 3 is 2.16 bits per heavy atom. The van der Waals surface area contributed by atoms with Gasteiger partial charge in [-0.1, -0.05) is 12.2 Å². The molecular formula is C51H63N15O10S. The Morgan fingerprint density at radius 2 is 1.52 bits per heavy atom. The van der Waals surface area contributed by atoms with Gasteiger partial charge in [0, 0.05) is 81.4 Å². The van der Waals surface area contributed by atoms with Crippen molar-refractivity contribution in [2.75, 3.05) is 50.7 Å². The van der Waals surface area contributed by atoms with E-state index in [0.29, 0.717) is 70.1 Å². The molecule has 26 heteroatoms. The van der Waals surface area contributed by atoms with Gasteiger partial charge in [-0.25, -0.2) is 4.98 Å². The third-order valence-corrected chi connectivity index (χ3v) is 14.2.